The standard InChI is InChI=1S/C13H20BrIN2O/c14-8-6-4-2-1-3-5-7-9-17-11-16-10-12(15)13(17)18/h10-11H,1-9H2. The van der Waals surface area contributed by atoms with Gasteiger partial charge in [0.25, 0.3) is 5.56 Å². The van der Waals surface area contributed by atoms with E-state index in [0.717, 1.165) is 18.3 Å². The third-order valence-electron chi connectivity index (χ3n) is 2.89. The van der Waals surface area contributed by atoms with Gasteiger partial charge >= 0.3 is 0 Å². The van der Waals surface area contributed by atoms with Gasteiger partial charge in [-0.05, 0) is 35.4 Å². The van der Waals surface area contributed by atoms with Gasteiger partial charge in [-0.25, -0.2) is 4.98 Å². The van der Waals surface area contributed by atoms with Crippen molar-refractivity contribution in [1.82, 2.24) is 9.55 Å². The van der Waals surface area contributed by atoms with Crippen LogP contribution in [0.2, 0.25) is 0 Å². The Balaban J connectivity index is 2.11. The maximum absolute atomic E-state index is 11.7. The monoisotopic (exact) mass is 426 g/mol. The van der Waals surface area contributed by atoms with Crippen molar-refractivity contribution < 1.29 is 0 Å². The summed E-state index contributed by atoms with van der Waals surface area (Å²) in [6.07, 6.45) is 12.0. The van der Waals surface area contributed by atoms with E-state index in [9.17, 15) is 4.79 Å². The molecule has 18 heavy (non-hydrogen) atoms. The molecule has 0 bridgehead atoms. The van der Waals surface area contributed by atoms with Crippen LogP contribution in [0.3, 0.4) is 0 Å². The van der Waals surface area contributed by atoms with Crippen LogP contribution in [0.15, 0.2) is 17.3 Å². The van der Waals surface area contributed by atoms with Gasteiger partial charge in [0.05, 0.1) is 9.90 Å². The Labute approximate surface area is 131 Å². The highest BCUT2D eigenvalue weighted by Gasteiger charge is 2.00. The van der Waals surface area contributed by atoms with Crippen molar-refractivity contribution in [3.63, 3.8) is 0 Å². The van der Waals surface area contributed by atoms with Crippen molar-refractivity contribution >= 4 is 38.5 Å². The summed E-state index contributed by atoms with van der Waals surface area (Å²) in [4.78, 5) is 15.8. The molecule has 1 aromatic heterocycles. The molecule has 0 atom stereocenters. The number of aromatic nitrogens is 2. The number of hydrogen-bond acceptors (Lipinski definition) is 2. The number of alkyl halides is 1. The summed E-state index contributed by atoms with van der Waals surface area (Å²) in [6.45, 7) is 0.796. The highest BCUT2D eigenvalue weighted by Crippen LogP contribution is 2.08. The molecule has 0 aromatic carbocycles. The van der Waals surface area contributed by atoms with Crippen molar-refractivity contribution in [2.45, 2.75) is 51.5 Å². The molecule has 1 rings (SSSR count). The molecule has 5 heteroatoms. The van der Waals surface area contributed by atoms with E-state index in [1.807, 2.05) is 22.6 Å². The summed E-state index contributed by atoms with van der Waals surface area (Å²) in [5, 5.41) is 1.12. The normalized spacial score (nSPS) is 10.8. The first-order valence-corrected chi connectivity index (χ1v) is 8.71. The van der Waals surface area contributed by atoms with E-state index in [1.54, 1.807) is 17.1 Å². The van der Waals surface area contributed by atoms with Gasteiger partial charge in [-0.3, -0.25) is 9.36 Å². The maximum atomic E-state index is 11.7. The summed E-state index contributed by atoms with van der Waals surface area (Å²) < 4.78 is 2.41. The van der Waals surface area contributed by atoms with E-state index >= 15 is 0 Å². The highest BCUT2D eigenvalue weighted by molar-refractivity contribution is 14.1. The molecule has 0 aliphatic heterocycles. The van der Waals surface area contributed by atoms with Crippen LogP contribution in [0, 0.1) is 3.57 Å². The van der Waals surface area contributed by atoms with Gasteiger partial charge in [0, 0.05) is 18.1 Å². The number of rotatable bonds is 9. The van der Waals surface area contributed by atoms with Crippen LogP contribution in [0.25, 0.3) is 0 Å². The second-order valence-corrected chi connectivity index (χ2v) is 6.36. The summed E-state index contributed by atoms with van der Waals surface area (Å²) in [7, 11) is 0. The Kier molecular flexibility index (Phi) is 8.92. The third-order valence-corrected chi connectivity index (χ3v) is 4.19. The molecule has 3 nitrogen and oxygen atoms in total. The van der Waals surface area contributed by atoms with Gasteiger partial charge in [-0.1, -0.05) is 48.0 Å². The van der Waals surface area contributed by atoms with Crippen LogP contribution < -0.4 is 5.56 Å². The van der Waals surface area contributed by atoms with E-state index in [1.165, 1.54) is 38.5 Å². The number of halogens is 2. The predicted octanol–water partition coefficient (Wildman–Crippen LogP) is 3.97. The second kappa shape index (κ2) is 9.95. The Hall–Kier alpha value is 0.0900. The van der Waals surface area contributed by atoms with E-state index in [0.29, 0.717) is 3.57 Å². The van der Waals surface area contributed by atoms with Crippen LogP contribution in [0.1, 0.15) is 44.9 Å². The molecule has 0 fully saturated rings. The zero-order chi connectivity index (χ0) is 13.2. The lowest BCUT2D eigenvalue weighted by molar-refractivity contribution is 0.538. The topological polar surface area (TPSA) is 34.9 Å². The van der Waals surface area contributed by atoms with Crippen molar-refractivity contribution in [2.75, 3.05) is 5.33 Å². The minimum atomic E-state index is 0.0860. The van der Waals surface area contributed by atoms with Crippen LogP contribution in [-0.2, 0) is 6.54 Å². The van der Waals surface area contributed by atoms with Crippen LogP contribution in [0.4, 0.5) is 0 Å². The predicted molar refractivity (Wildman–Crippen MR) is 87.3 cm³/mol. The molecule has 0 saturated heterocycles. The number of aryl methyl sites for hydroxylation is 1. The Morgan fingerprint density at radius 2 is 1.72 bits per heavy atom. The molecule has 0 amide bonds. The highest BCUT2D eigenvalue weighted by atomic mass is 127. The molecule has 102 valence electrons. The van der Waals surface area contributed by atoms with Crippen molar-refractivity contribution in [1.29, 1.82) is 0 Å². The van der Waals surface area contributed by atoms with Gasteiger partial charge in [-0.2, -0.15) is 0 Å². The van der Waals surface area contributed by atoms with Crippen LogP contribution in [-0.4, -0.2) is 14.9 Å². The van der Waals surface area contributed by atoms with E-state index in [2.05, 4.69) is 20.9 Å². The fourth-order valence-electron chi connectivity index (χ4n) is 1.84. The molecule has 1 heterocycles. The summed E-state index contributed by atoms with van der Waals surface area (Å²) >= 11 is 5.48. The second-order valence-electron chi connectivity index (χ2n) is 4.40. The average Bonchev–Trinajstić information content (AvgIpc) is 2.37. The number of hydrogen-bond donors (Lipinski definition) is 0. The maximum Gasteiger partial charge on any atom is 0.266 e. The molecule has 0 aliphatic rings. The largest absolute Gasteiger partial charge is 0.298 e. The first kappa shape index (κ1) is 16.1. The number of nitrogens with zero attached hydrogens (tertiary/aromatic N) is 2. The molecule has 0 N–H and O–H groups in total. The lowest BCUT2D eigenvalue weighted by Gasteiger charge is -2.05. The van der Waals surface area contributed by atoms with E-state index in [-0.39, 0.29) is 5.56 Å². The number of unbranched alkanes of at least 4 members (excludes halogenated alkanes) is 6. The van der Waals surface area contributed by atoms with E-state index in [4.69, 9.17) is 0 Å². The van der Waals surface area contributed by atoms with Crippen molar-refractivity contribution in [2.24, 2.45) is 0 Å². The summed E-state index contributed by atoms with van der Waals surface area (Å²) in [5.74, 6) is 0. The zero-order valence-corrected chi connectivity index (χ0v) is 14.3. The molecule has 0 aliphatic carbocycles. The molecule has 0 unspecified atom stereocenters. The Morgan fingerprint density at radius 3 is 2.39 bits per heavy atom. The quantitative estimate of drug-likeness (QED) is 0.340. The van der Waals surface area contributed by atoms with Gasteiger partial charge < -0.3 is 0 Å². The molecule has 0 radical (unpaired) electrons. The van der Waals surface area contributed by atoms with Gasteiger partial charge in [0.15, 0.2) is 0 Å². The van der Waals surface area contributed by atoms with Gasteiger partial charge in [-0.15, -0.1) is 0 Å². The average molecular weight is 427 g/mol. The SMILES string of the molecule is O=c1c(I)cncn1CCCCCCCCCBr. The molecular weight excluding hydrogens is 407 g/mol. The van der Waals surface area contributed by atoms with Gasteiger partial charge in [0.2, 0.25) is 0 Å². The van der Waals surface area contributed by atoms with E-state index < -0.39 is 0 Å². The van der Waals surface area contributed by atoms with Crippen LogP contribution in [0.5, 0.6) is 0 Å². The van der Waals surface area contributed by atoms with Gasteiger partial charge in [0.1, 0.15) is 0 Å². The minimum absolute atomic E-state index is 0.0860. The molecule has 0 saturated carbocycles. The molecular formula is C13H20BrIN2O. The third kappa shape index (κ3) is 6.31. The van der Waals surface area contributed by atoms with Crippen LogP contribution >= 0.6 is 38.5 Å². The summed E-state index contributed by atoms with van der Waals surface area (Å²) in [6, 6.07) is 0. The first-order valence-electron chi connectivity index (χ1n) is 6.51. The smallest absolute Gasteiger partial charge is 0.266 e. The molecule has 1 aromatic rings. The van der Waals surface area contributed by atoms with Crippen molar-refractivity contribution in [3.8, 4) is 0 Å². The zero-order valence-electron chi connectivity index (χ0n) is 10.6. The van der Waals surface area contributed by atoms with Crippen molar-refractivity contribution in [3.05, 3.63) is 26.4 Å². The fraction of sp³-hybridized carbons (Fsp3) is 0.692. The first-order chi connectivity index (χ1) is 8.75. The lowest BCUT2D eigenvalue weighted by atomic mass is 10.1. The molecule has 0 spiro atoms. The lowest BCUT2D eigenvalue weighted by Crippen LogP contribution is -2.22. The summed E-state index contributed by atoms with van der Waals surface area (Å²) in [5.41, 5.74) is 0.0860. The Bertz CT molecular complexity index is 395. The minimum Gasteiger partial charge on any atom is -0.298 e. The fourth-order valence-corrected chi connectivity index (χ4v) is 2.71. The Morgan fingerprint density at radius 1 is 1.11 bits per heavy atom.